The summed E-state index contributed by atoms with van der Waals surface area (Å²) in [6, 6.07) is 0. The van der Waals surface area contributed by atoms with Crippen LogP contribution in [-0.2, 0) is 4.74 Å². The third kappa shape index (κ3) is 3.16. The van der Waals surface area contributed by atoms with E-state index in [0.717, 1.165) is 12.8 Å². The molecule has 1 saturated heterocycles. The fourth-order valence-corrected chi connectivity index (χ4v) is 2.66. The van der Waals surface area contributed by atoms with Gasteiger partial charge in [0.15, 0.2) is 0 Å². The summed E-state index contributed by atoms with van der Waals surface area (Å²) in [5, 5.41) is 11.3. The first-order valence-corrected chi connectivity index (χ1v) is 6.95. The van der Waals surface area contributed by atoms with Crippen LogP contribution in [0.2, 0.25) is 5.28 Å². The largest absolute Gasteiger partial charge is 0.377 e. The molecule has 0 amide bonds. The zero-order valence-corrected chi connectivity index (χ0v) is 12.3. The van der Waals surface area contributed by atoms with Gasteiger partial charge in [0.1, 0.15) is 5.69 Å². The summed E-state index contributed by atoms with van der Waals surface area (Å²) in [5.41, 5.74) is 0.204. The fourth-order valence-electron chi connectivity index (χ4n) is 2.46. The maximum absolute atomic E-state index is 11.2. The molecule has 0 spiro atoms. The molecule has 1 fully saturated rings. The van der Waals surface area contributed by atoms with Gasteiger partial charge in [-0.05, 0) is 38.3 Å². The maximum atomic E-state index is 11.2. The molecule has 1 aliphatic heterocycles. The van der Waals surface area contributed by atoms with Gasteiger partial charge in [0.05, 0.1) is 11.0 Å². The van der Waals surface area contributed by atoms with E-state index in [1.54, 1.807) is 6.92 Å². The van der Waals surface area contributed by atoms with Gasteiger partial charge in [-0.2, -0.15) is 4.98 Å². The molecule has 1 atom stereocenters. The van der Waals surface area contributed by atoms with E-state index in [1.807, 2.05) is 11.8 Å². The Morgan fingerprint density at radius 2 is 2.30 bits per heavy atom. The molecule has 2 rings (SSSR count). The van der Waals surface area contributed by atoms with Gasteiger partial charge in [-0.3, -0.25) is 10.1 Å². The first-order valence-electron chi connectivity index (χ1n) is 6.58. The lowest BCUT2D eigenvalue weighted by Gasteiger charge is -2.33. The minimum atomic E-state index is -0.453. The molecule has 0 aromatic carbocycles. The van der Waals surface area contributed by atoms with Crippen molar-refractivity contribution in [2.75, 3.05) is 24.6 Å². The molecule has 0 radical (unpaired) electrons. The van der Waals surface area contributed by atoms with Crippen molar-refractivity contribution in [2.45, 2.75) is 32.8 Å². The van der Waals surface area contributed by atoms with Crippen molar-refractivity contribution >= 4 is 23.1 Å². The van der Waals surface area contributed by atoms with Crippen LogP contribution in [0.5, 0.6) is 0 Å². The highest BCUT2D eigenvalue weighted by Crippen LogP contribution is 2.31. The number of rotatable bonds is 4. The first-order chi connectivity index (χ1) is 9.52. The average molecular weight is 301 g/mol. The van der Waals surface area contributed by atoms with Crippen LogP contribution in [0.3, 0.4) is 0 Å². The Morgan fingerprint density at radius 3 is 2.95 bits per heavy atom. The van der Waals surface area contributed by atoms with Crippen LogP contribution in [0, 0.1) is 17.0 Å². The van der Waals surface area contributed by atoms with Crippen LogP contribution in [0.15, 0.2) is 0 Å². The zero-order chi connectivity index (χ0) is 14.7. The number of anilines is 1. The fraction of sp³-hybridized carbons (Fsp3) is 0.667. The molecular formula is C12H17ClN4O3. The SMILES string of the molecule is CCOC1CCCN(c2nc(Cl)nc(C)c2[N+](=O)[O-])C1. The van der Waals surface area contributed by atoms with Crippen LogP contribution in [0.25, 0.3) is 0 Å². The van der Waals surface area contributed by atoms with Crippen molar-refractivity contribution in [1.29, 1.82) is 0 Å². The van der Waals surface area contributed by atoms with Crippen molar-refractivity contribution in [2.24, 2.45) is 0 Å². The molecule has 1 aliphatic rings. The van der Waals surface area contributed by atoms with Crippen LogP contribution in [0.4, 0.5) is 11.5 Å². The minimum absolute atomic E-state index is 0.0293. The Balaban J connectivity index is 2.33. The molecule has 0 bridgehead atoms. The zero-order valence-electron chi connectivity index (χ0n) is 11.5. The number of aromatic nitrogens is 2. The molecule has 20 heavy (non-hydrogen) atoms. The lowest BCUT2D eigenvalue weighted by Crippen LogP contribution is -2.40. The Morgan fingerprint density at radius 1 is 1.55 bits per heavy atom. The third-order valence-electron chi connectivity index (χ3n) is 3.28. The Bertz CT molecular complexity index is 510. The maximum Gasteiger partial charge on any atom is 0.332 e. The van der Waals surface area contributed by atoms with E-state index in [0.29, 0.717) is 19.7 Å². The van der Waals surface area contributed by atoms with Crippen molar-refractivity contribution in [3.63, 3.8) is 0 Å². The predicted molar refractivity (Wildman–Crippen MR) is 75.3 cm³/mol. The molecule has 110 valence electrons. The van der Waals surface area contributed by atoms with Crippen molar-refractivity contribution in [3.05, 3.63) is 21.1 Å². The van der Waals surface area contributed by atoms with Crippen molar-refractivity contribution < 1.29 is 9.66 Å². The van der Waals surface area contributed by atoms with E-state index in [1.165, 1.54) is 0 Å². The number of hydrogen-bond donors (Lipinski definition) is 0. The van der Waals surface area contributed by atoms with E-state index in [9.17, 15) is 10.1 Å². The summed E-state index contributed by atoms with van der Waals surface area (Å²) in [6.07, 6.45) is 1.93. The molecule has 2 heterocycles. The van der Waals surface area contributed by atoms with E-state index in [2.05, 4.69) is 9.97 Å². The number of halogens is 1. The molecular weight excluding hydrogens is 284 g/mol. The normalized spacial score (nSPS) is 19.1. The number of hydrogen-bond acceptors (Lipinski definition) is 6. The topological polar surface area (TPSA) is 81.4 Å². The standard InChI is InChI=1S/C12H17ClN4O3/c1-3-20-9-5-4-6-16(7-9)11-10(17(18)19)8(2)14-12(13)15-11/h9H,3-7H2,1-2H3. The van der Waals surface area contributed by atoms with E-state index in [4.69, 9.17) is 16.3 Å². The molecule has 7 nitrogen and oxygen atoms in total. The summed E-state index contributed by atoms with van der Waals surface area (Å²) in [7, 11) is 0. The quantitative estimate of drug-likeness (QED) is 0.482. The van der Waals surface area contributed by atoms with Gasteiger partial charge in [-0.15, -0.1) is 0 Å². The molecule has 8 heteroatoms. The summed E-state index contributed by atoms with van der Waals surface area (Å²) in [6.45, 7) is 5.43. The smallest absolute Gasteiger partial charge is 0.332 e. The monoisotopic (exact) mass is 300 g/mol. The molecule has 1 aromatic heterocycles. The molecule has 1 aromatic rings. The number of nitrogens with zero attached hydrogens (tertiary/aromatic N) is 4. The van der Waals surface area contributed by atoms with Crippen LogP contribution in [-0.4, -0.2) is 40.7 Å². The molecule has 0 aliphatic carbocycles. The second-order valence-electron chi connectivity index (χ2n) is 4.67. The summed E-state index contributed by atoms with van der Waals surface area (Å²) < 4.78 is 5.61. The molecule has 1 unspecified atom stereocenters. The molecule has 0 saturated carbocycles. The Kier molecular flexibility index (Phi) is 4.72. The highest BCUT2D eigenvalue weighted by Gasteiger charge is 2.29. The Hall–Kier alpha value is -1.47. The summed E-state index contributed by atoms with van der Waals surface area (Å²) in [5.74, 6) is 0.289. The second-order valence-corrected chi connectivity index (χ2v) is 5.01. The second kappa shape index (κ2) is 6.32. The lowest BCUT2D eigenvalue weighted by atomic mass is 10.1. The average Bonchev–Trinajstić information content (AvgIpc) is 2.38. The minimum Gasteiger partial charge on any atom is -0.377 e. The predicted octanol–water partition coefficient (Wildman–Crippen LogP) is 2.35. The summed E-state index contributed by atoms with van der Waals surface area (Å²) in [4.78, 5) is 20.6. The Labute approximate surface area is 122 Å². The highest BCUT2D eigenvalue weighted by molar-refractivity contribution is 6.28. The van der Waals surface area contributed by atoms with Gasteiger partial charge in [-0.1, -0.05) is 0 Å². The van der Waals surface area contributed by atoms with Gasteiger partial charge in [-0.25, -0.2) is 4.98 Å². The van der Waals surface area contributed by atoms with Crippen LogP contribution in [0.1, 0.15) is 25.5 Å². The number of ether oxygens (including phenoxy) is 1. The van der Waals surface area contributed by atoms with Gasteiger partial charge >= 0.3 is 5.69 Å². The van der Waals surface area contributed by atoms with Gasteiger partial charge in [0.2, 0.25) is 11.1 Å². The van der Waals surface area contributed by atoms with Crippen LogP contribution < -0.4 is 4.90 Å². The van der Waals surface area contributed by atoms with E-state index in [-0.39, 0.29) is 28.6 Å². The van der Waals surface area contributed by atoms with Gasteiger partial charge < -0.3 is 9.64 Å². The summed E-state index contributed by atoms with van der Waals surface area (Å²) >= 11 is 5.84. The van der Waals surface area contributed by atoms with E-state index < -0.39 is 4.92 Å². The van der Waals surface area contributed by atoms with Crippen molar-refractivity contribution in [1.82, 2.24) is 9.97 Å². The van der Waals surface area contributed by atoms with E-state index >= 15 is 0 Å². The third-order valence-corrected chi connectivity index (χ3v) is 3.44. The molecule has 0 N–H and O–H groups in total. The number of nitro groups is 1. The number of piperidine rings is 1. The van der Waals surface area contributed by atoms with Gasteiger partial charge in [0, 0.05) is 19.7 Å². The first kappa shape index (κ1) is 14.9. The van der Waals surface area contributed by atoms with Gasteiger partial charge in [0.25, 0.3) is 0 Å². The highest BCUT2D eigenvalue weighted by atomic mass is 35.5. The van der Waals surface area contributed by atoms with Crippen LogP contribution >= 0.6 is 11.6 Å². The number of aryl methyl sites for hydroxylation is 1. The lowest BCUT2D eigenvalue weighted by molar-refractivity contribution is -0.385. The van der Waals surface area contributed by atoms with Crippen molar-refractivity contribution in [3.8, 4) is 0 Å².